The van der Waals surface area contributed by atoms with Gasteiger partial charge in [-0.25, -0.2) is 14.5 Å². The van der Waals surface area contributed by atoms with E-state index in [1.165, 1.54) is 11.3 Å². The summed E-state index contributed by atoms with van der Waals surface area (Å²) in [6, 6.07) is 9.99. The highest BCUT2D eigenvalue weighted by Crippen LogP contribution is 2.33. The second-order valence-corrected chi connectivity index (χ2v) is 9.06. The summed E-state index contributed by atoms with van der Waals surface area (Å²) in [4.78, 5) is 12.3. The van der Waals surface area contributed by atoms with Crippen LogP contribution in [0.3, 0.4) is 0 Å². The molecule has 0 spiro atoms. The first-order valence-corrected chi connectivity index (χ1v) is 12.1. The number of fused-ring (bicyclic) bond motifs is 2. The number of anilines is 2. The number of nitrogens with zero attached hydrogens (tertiary/aromatic N) is 5. The Morgan fingerprint density at radius 3 is 2.76 bits per heavy atom. The number of nitrogens with one attached hydrogen (secondary N) is 2. The van der Waals surface area contributed by atoms with Gasteiger partial charge in [0.25, 0.3) is 0 Å². The lowest BCUT2D eigenvalue weighted by Gasteiger charge is -2.26. The zero-order valence-corrected chi connectivity index (χ0v) is 19.4. The van der Waals surface area contributed by atoms with Crippen LogP contribution < -0.4 is 20.1 Å². The number of aromatic nitrogens is 4. The first-order valence-electron chi connectivity index (χ1n) is 11.3. The van der Waals surface area contributed by atoms with Crippen LogP contribution in [0.25, 0.3) is 16.2 Å². The van der Waals surface area contributed by atoms with Crippen molar-refractivity contribution >= 4 is 27.2 Å². The number of hydrogen-bond donors (Lipinski definition) is 2. The van der Waals surface area contributed by atoms with Gasteiger partial charge in [-0.1, -0.05) is 17.4 Å². The van der Waals surface area contributed by atoms with Gasteiger partial charge in [0.1, 0.15) is 5.82 Å². The Balaban J connectivity index is 1.08. The number of morpholine rings is 1. The molecule has 11 heteroatoms. The Morgan fingerprint density at radius 1 is 0.971 bits per heavy atom. The molecule has 0 unspecified atom stereocenters. The highest BCUT2D eigenvalue weighted by Gasteiger charge is 2.15. The van der Waals surface area contributed by atoms with E-state index in [1.807, 2.05) is 47.2 Å². The molecule has 2 aliphatic rings. The van der Waals surface area contributed by atoms with Crippen molar-refractivity contribution in [3.8, 4) is 22.8 Å². The van der Waals surface area contributed by atoms with Gasteiger partial charge in [-0.15, -0.1) is 5.10 Å². The minimum Gasteiger partial charge on any atom is -0.454 e. The fraction of sp³-hybridized carbons (Fsp3) is 0.348. The minimum atomic E-state index is 0.277. The van der Waals surface area contributed by atoms with Gasteiger partial charge >= 0.3 is 0 Å². The standard InChI is InChI=1S/C23H25N7O3S/c1-3-19-20(33-15-32-19)11-16(1)12-26-22-28-30-18(14-27-23(30)34-22)17-2-4-21(25-13-17)24-5-6-29-7-9-31-10-8-29/h1-4,11,13-14H,5-10,12,15H2,(H,24,25)(H,26,28). The Morgan fingerprint density at radius 2 is 1.88 bits per heavy atom. The molecule has 0 amide bonds. The summed E-state index contributed by atoms with van der Waals surface area (Å²) >= 11 is 1.51. The van der Waals surface area contributed by atoms with Crippen molar-refractivity contribution in [1.29, 1.82) is 0 Å². The van der Waals surface area contributed by atoms with Gasteiger partial charge in [-0.05, 0) is 29.8 Å². The van der Waals surface area contributed by atoms with Crippen molar-refractivity contribution in [3.05, 3.63) is 48.3 Å². The van der Waals surface area contributed by atoms with Crippen LogP contribution in [0, 0.1) is 0 Å². The number of hydrogen-bond acceptors (Lipinski definition) is 10. The van der Waals surface area contributed by atoms with E-state index in [0.29, 0.717) is 6.54 Å². The predicted octanol–water partition coefficient (Wildman–Crippen LogP) is 2.94. The summed E-state index contributed by atoms with van der Waals surface area (Å²) < 4.78 is 18.1. The molecular weight excluding hydrogens is 454 g/mol. The molecule has 2 N–H and O–H groups in total. The molecule has 0 bridgehead atoms. The molecule has 10 nitrogen and oxygen atoms in total. The molecule has 34 heavy (non-hydrogen) atoms. The summed E-state index contributed by atoms with van der Waals surface area (Å²) in [5.41, 5.74) is 2.98. The van der Waals surface area contributed by atoms with Gasteiger partial charge in [0.15, 0.2) is 11.5 Å². The number of ether oxygens (including phenoxy) is 3. The maximum atomic E-state index is 5.46. The molecule has 0 atom stereocenters. The Bertz CT molecular complexity index is 1270. The number of rotatable bonds is 8. The molecule has 1 saturated heterocycles. The quantitative estimate of drug-likeness (QED) is 0.395. The van der Waals surface area contributed by atoms with Crippen LogP contribution in [0.2, 0.25) is 0 Å². The molecule has 6 rings (SSSR count). The molecule has 0 aliphatic carbocycles. The summed E-state index contributed by atoms with van der Waals surface area (Å²) in [6.07, 6.45) is 3.70. The lowest BCUT2D eigenvalue weighted by atomic mass is 10.2. The molecule has 4 aromatic rings. The first-order chi connectivity index (χ1) is 16.8. The van der Waals surface area contributed by atoms with Gasteiger partial charge in [0.05, 0.1) is 25.1 Å². The molecule has 0 saturated carbocycles. The smallest absolute Gasteiger partial charge is 0.231 e. The Kier molecular flexibility index (Phi) is 5.88. The summed E-state index contributed by atoms with van der Waals surface area (Å²) in [5.74, 6) is 2.43. The average Bonchev–Trinajstić information content (AvgIpc) is 3.59. The van der Waals surface area contributed by atoms with E-state index >= 15 is 0 Å². The molecule has 0 radical (unpaired) electrons. The molecule has 3 aromatic heterocycles. The minimum absolute atomic E-state index is 0.277. The van der Waals surface area contributed by atoms with Gasteiger partial charge in [0.2, 0.25) is 16.9 Å². The van der Waals surface area contributed by atoms with E-state index in [9.17, 15) is 0 Å². The van der Waals surface area contributed by atoms with Crippen molar-refractivity contribution < 1.29 is 14.2 Å². The zero-order valence-electron chi connectivity index (χ0n) is 18.6. The van der Waals surface area contributed by atoms with Crippen molar-refractivity contribution in [3.63, 3.8) is 0 Å². The van der Waals surface area contributed by atoms with Crippen LogP contribution in [0.4, 0.5) is 10.9 Å². The monoisotopic (exact) mass is 479 g/mol. The molecule has 176 valence electrons. The zero-order chi connectivity index (χ0) is 22.7. The predicted molar refractivity (Wildman–Crippen MR) is 130 cm³/mol. The average molecular weight is 480 g/mol. The molecule has 2 aliphatic heterocycles. The van der Waals surface area contributed by atoms with Crippen LogP contribution >= 0.6 is 11.3 Å². The third-order valence-corrected chi connectivity index (χ3v) is 6.74. The SMILES string of the molecule is c1cc2c(cc1CNc1nn3c(-c4ccc(NCCN5CCOCC5)nc4)cnc3s1)OCO2. The third-order valence-electron chi connectivity index (χ3n) is 5.86. The topological polar surface area (TPSA) is 98.1 Å². The molecule has 5 heterocycles. The summed E-state index contributed by atoms with van der Waals surface area (Å²) in [7, 11) is 0. The third kappa shape index (κ3) is 4.49. The van der Waals surface area contributed by atoms with Crippen LogP contribution in [0.15, 0.2) is 42.7 Å². The van der Waals surface area contributed by atoms with Gasteiger partial charge < -0.3 is 24.8 Å². The molecule has 1 fully saturated rings. The van der Waals surface area contributed by atoms with Crippen LogP contribution in [-0.4, -0.2) is 70.7 Å². The van der Waals surface area contributed by atoms with Crippen LogP contribution in [0.5, 0.6) is 11.5 Å². The van der Waals surface area contributed by atoms with E-state index < -0.39 is 0 Å². The maximum absolute atomic E-state index is 5.46. The number of imidazole rings is 1. The second kappa shape index (κ2) is 9.45. The largest absolute Gasteiger partial charge is 0.454 e. The lowest BCUT2D eigenvalue weighted by molar-refractivity contribution is 0.0398. The lowest BCUT2D eigenvalue weighted by Crippen LogP contribution is -2.39. The normalized spacial score (nSPS) is 15.6. The van der Waals surface area contributed by atoms with Crippen LogP contribution in [-0.2, 0) is 11.3 Å². The van der Waals surface area contributed by atoms with Crippen molar-refractivity contribution in [1.82, 2.24) is 24.5 Å². The summed E-state index contributed by atoms with van der Waals surface area (Å²) in [6.45, 7) is 6.37. The maximum Gasteiger partial charge on any atom is 0.231 e. The van der Waals surface area contributed by atoms with E-state index in [4.69, 9.17) is 19.3 Å². The van der Waals surface area contributed by atoms with Gasteiger partial charge in [0, 0.05) is 44.5 Å². The van der Waals surface area contributed by atoms with Crippen LogP contribution in [0.1, 0.15) is 5.56 Å². The van der Waals surface area contributed by atoms with Gasteiger partial charge in [-0.3, -0.25) is 4.90 Å². The Labute approximate surface area is 200 Å². The number of benzene rings is 1. The van der Waals surface area contributed by atoms with E-state index in [0.717, 1.165) is 83.6 Å². The fourth-order valence-corrected chi connectivity index (χ4v) is 4.78. The van der Waals surface area contributed by atoms with Crippen molar-refractivity contribution in [2.45, 2.75) is 6.54 Å². The highest BCUT2D eigenvalue weighted by atomic mass is 32.1. The highest BCUT2D eigenvalue weighted by molar-refractivity contribution is 7.20. The second-order valence-electron chi connectivity index (χ2n) is 8.10. The fourth-order valence-electron chi connectivity index (χ4n) is 4.01. The summed E-state index contributed by atoms with van der Waals surface area (Å²) in [5, 5.41) is 12.3. The van der Waals surface area contributed by atoms with Gasteiger partial charge in [-0.2, -0.15) is 0 Å². The number of pyridine rings is 1. The molecular formula is C23H25N7O3S. The van der Waals surface area contributed by atoms with E-state index in [2.05, 4.69) is 25.5 Å². The van der Waals surface area contributed by atoms with Crippen molar-refractivity contribution in [2.24, 2.45) is 0 Å². The van der Waals surface area contributed by atoms with E-state index in [-0.39, 0.29) is 6.79 Å². The van der Waals surface area contributed by atoms with Crippen molar-refractivity contribution in [2.75, 3.05) is 56.8 Å². The van der Waals surface area contributed by atoms with E-state index in [1.54, 1.807) is 0 Å². The first kappa shape index (κ1) is 21.1. The Hall–Kier alpha value is -3.41. The molecule has 1 aromatic carbocycles.